The van der Waals surface area contributed by atoms with Gasteiger partial charge in [0.15, 0.2) is 10.9 Å². The number of nitrogens with zero attached hydrogens (tertiary/aromatic N) is 3. The summed E-state index contributed by atoms with van der Waals surface area (Å²) < 4.78 is 0. The molecule has 0 saturated heterocycles. The molecule has 7 heteroatoms. The smallest absolute Gasteiger partial charge is 0.188 e. The molecule has 2 rings (SSSR count). The lowest BCUT2D eigenvalue weighted by Gasteiger charge is -2.14. The summed E-state index contributed by atoms with van der Waals surface area (Å²) in [5.74, 6) is 0.588. The monoisotopic (exact) mass is 321 g/mol. The van der Waals surface area contributed by atoms with Crippen molar-refractivity contribution in [2.24, 2.45) is 5.73 Å². The van der Waals surface area contributed by atoms with Crippen molar-refractivity contribution in [3.8, 4) is 0 Å². The van der Waals surface area contributed by atoms with E-state index in [2.05, 4.69) is 27.4 Å². The second kappa shape index (κ2) is 6.44. The van der Waals surface area contributed by atoms with Crippen LogP contribution in [0.2, 0.25) is 0 Å². The third kappa shape index (κ3) is 3.19. The number of hydrogen-bond donors (Lipinski definition) is 2. The van der Waals surface area contributed by atoms with Gasteiger partial charge >= 0.3 is 0 Å². The van der Waals surface area contributed by atoms with E-state index >= 15 is 0 Å². The maximum absolute atomic E-state index is 5.91. The molecule has 0 fully saturated rings. The van der Waals surface area contributed by atoms with Gasteiger partial charge in [-0.1, -0.05) is 26.1 Å². The minimum atomic E-state index is 0.337. The molecule has 0 aliphatic rings. The average Bonchev–Trinajstić information content (AvgIpc) is 2.76. The number of hydrogen-bond acceptors (Lipinski definition) is 6. The van der Waals surface area contributed by atoms with Gasteiger partial charge in [0, 0.05) is 4.88 Å². The first-order valence-electron chi connectivity index (χ1n) is 6.87. The predicted octanol–water partition coefficient (Wildman–Crippen LogP) is 3.05. The van der Waals surface area contributed by atoms with Crippen LogP contribution in [-0.4, -0.2) is 20.2 Å². The standard InChI is InChI=1S/C14H19N5S2/c1-5-9-10(6-2)18-19-13(11(9)12(15)20)17-14-16-7(3)8(4)21-14/h5-6H2,1-4H3,(H2,15,20)(H,16,17,19). The highest BCUT2D eigenvalue weighted by atomic mass is 32.1. The number of thiazole rings is 1. The summed E-state index contributed by atoms with van der Waals surface area (Å²) >= 11 is 6.79. The van der Waals surface area contributed by atoms with E-state index in [0.29, 0.717) is 10.8 Å². The molecule has 5 nitrogen and oxygen atoms in total. The van der Waals surface area contributed by atoms with Gasteiger partial charge in [-0.2, -0.15) is 5.10 Å². The van der Waals surface area contributed by atoms with Crippen molar-refractivity contribution < 1.29 is 0 Å². The lowest BCUT2D eigenvalue weighted by atomic mass is 10.0. The Morgan fingerprint density at radius 3 is 2.43 bits per heavy atom. The van der Waals surface area contributed by atoms with Crippen molar-refractivity contribution >= 4 is 39.5 Å². The summed E-state index contributed by atoms with van der Waals surface area (Å²) in [6.45, 7) is 8.14. The Bertz CT molecular complexity index is 659. The molecule has 3 N–H and O–H groups in total. The molecule has 0 unspecified atom stereocenters. The van der Waals surface area contributed by atoms with E-state index in [-0.39, 0.29) is 0 Å². The highest BCUT2D eigenvalue weighted by molar-refractivity contribution is 7.80. The molecule has 2 aromatic rings. The van der Waals surface area contributed by atoms with E-state index in [1.807, 2.05) is 20.8 Å². The molecule has 0 aliphatic carbocycles. The fraction of sp³-hybridized carbons (Fsp3) is 0.429. The zero-order valence-corrected chi connectivity index (χ0v) is 14.3. The molecule has 2 heterocycles. The van der Waals surface area contributed by atoms with E-state index in [4.69, 9.17) is 18.0 Å². The minimum Gasteiger partial charge on any atom is -0.389 e. The van der Waals surface area contributed by atoms with E-state index in [1.54, 1.807) is 11.3 Å². The molecule has 0 amide bonds. The van der Waals surface area contributed by atoms with Crippen molar-refractivity contribution in [1.82, 2.24) is 15.2 Å². The van der Waals surface area contributed by atoms with Crippen LogP contribution in [0.5, 0.6) is 0 Å². The summed E-state index contributed by atoms with van der Waals surface area (Å²) in [7, 11) is 0. The number of nitrogens with two attached hydrogens (primary N) is 1. The van der Waals surface area contributed by atoms with Gasteiger partial charge in [-0.3, -0.25) is 0 Å². The van der Waals surface area contributed by atoms with Crippen LogP contribution in [0.1, 0.15) is 41.2 Å². The summed E-state index contributed by atoms with van der Waals surface area (Å²) in [6.07, 6.45) is 1.62. The van der Waals surface area contributed by atoms with Gasteiger partial charge in [0.1, 0.15) is 4.99 Å². The van der Waals surface area contributed by atoms with Gasteiger partial charge in [0.2, 0.25) is 0 Å². The largest absolute Gasteiger partial charge is 0.389 e. The first-order chi connectivity index (χ1) is 9.97. The Balaban J connectivity index is 2.50. The number of anilines is 2. The Kier molecular flexibility index (Phi) is 4.84. The van der Waals surface area contributed by atoms with Crippen molar-refractivity contribution in [3.05, 3.63) is 27.4 Å². The van der Waals surface area contributed by atoms with Gasteiger partial charge in [-0.15, -0.1) is 16.4 Å². The molecule has 0 atom stereocenters. The lowest BCUT2D eigenvalue weighted by Crippen LogP contribution is -2.18. The van der Waals surface area contributed by atoms with Crippen LogP contribution >= 0.6 is 23.6 Å². The first-order valence-corrected chi connectivity index (χ1v) is 8.09. The minimum absolute atomic E-state index is 0.337. The van der Waals surface area contributed by atoms with Crippen LogP contribution in [0.4, 0.5) is 10.9 Å². The van der Waals surface area contributed by atoms with Gasteiger partial charge in [-0.05, 0) is 32.3 Å². The predicted molar refractivity (Wildman–Crippen MR) is 91.5 cm³/mol. The molecule has 0 aromatic carbocycles. The van der Waals surface area contributed by atoms with E-state index < -0.39 is 0 Å². The summed E-state index contributed by atoms with van der Waals surface area (Å²) in [6, 6.07) is 0. The van der Waals surface area contributed by atoms with E-state index in [0.717, 1.165) is 40.5 Å². The molecule has 2 aromatic heterocycles. The second-order valence-corrected chi connectivity index (χ2v) is 6.35. The second-order valence-electron chi connectivity index (χ2n) is 4.71. The van der Waals surface area contributed by atoms with Crippen LogP contribution in [0.15, 0.2) is 0 Å². The maximum atomic E-state index is 5.91. The average molecular weight is 321 g/mol. The molecule has 0 saturated carbocycles. The fourth-order valence-electron chi connectivity index (χ4n) is 2.15. The normalized spacial score (nSPS) is 10.7. The van der Waals surface area contributed by atoms with Crippen molar-refractivity contribution in [2.45, 2.75) is 40.5 Å². The van der Waals surface area contributed by atoms with Crippen molar-refractivity contribution in [1.29, 1.82) is 0 Å². The highest BCUT2D eigenvalue weighted by Gasteiger charge is 2.17. The molecule has 0 radical (unpaired) electrons. The quantitative estimate of drug-likeness (QED) is 0.824. The number of rotatable bonds is 5. The van der Waals surface area contributed by atoms with Crippen LogP contribution in [0, 0.1) is 13.8 Å². The third-order valence-corrected chi connectivity index (χ3v) is 4.54. The first kappa shape index (κ1) is 15.8. The highest BCUT2D eigenvalue weighted by Crippen LogP contribution is 2.27. The number of thiocarbonyl (C=S) groups is 1. The Labute approximate surface area is 134 Å². The zero-order valence-electron chi connectivity index (χ0n) is 12.6. The fourth-order valence-corrected chi connectivity index (χ4v) is 3.19. The van der Waals surface area contributed by atoms with Crippen molar-refractivity contribution in [2.75, 3.05) is 5.32 Å². The molecular formula is C14H19N5S2. The van der Waals surface area contributed by atoms with E-state index in [9.17, 15) is 0 Å². The summed E-state index contributed by atoms with van der Waals surface area (Å²) in [4.78, 5) is 5.97. The van der Waals surface area contributed by atoms with Gasteiger partial charge < -0.3 is 11.1 Å². The van der Waals surface area contributed by atoms with Crippen LogP contribution in [-0.2, 0) is 12.8 Å². The topological polar surface area (TPSA) is 76.7 Å². The Morgan fingerprint density at radius 1 is 1.24 bits per heavy atom. The summed E-state index contributed by atoms with van der Waals surface area (Å²) in [5, 5.41) is 12.5. The van der Waals surface area contributed by atoms with E-state index in [1.165, 1.54) is 4.88 Å². The maximum Gasteiger partial charge on any atom is 0.188 e. The molecule has 21 heavy (non-hydrogen) atoms. The lowest BCUT2D eigenvalue weighted by molar-refractivity contribution is 0.879. The Hall–Kier alpha value is -1.60. The Morgan fingerprint density at radius 2 is 1.95 bits per heavy atom. The van der Waals surface area contributed by atoms with Crippen LogP contribution in [0.3, 0.4) is 0 Å². The number of aromatic nitrogens is 3. The summed E-state index contributed by atoms with van der Waals surface area (Å²) in [5.41, 5.74) is 9.70. The van der Waals surface area contributed by atoms with Crippen LogP contribution in [0.25, 0.3) is 0 Å². The van der Waals surface area contributed by atoms with Gasteiger partial charge in [0.05, 0.1) is 17.0 Å². The molecule has 112 valence electrons. The zero-order chi connectivity index (χ0) is 15.6. The molecule has 0 spiro atoms. The third-order valence-electron chi connectivity index (χ3n) is 3.35. The molecule has 0 bridgehead atoms. The molecule has 0 aliphatic heterocycles. The molecular weight excluding hydrogens is 302 g/mol. The van der Waals surface area contributed by atoms with Crippen LogP contribution < -0.4 is 11.1 Å². The SMILES string of the molecule is CCc1nnc(Nc2nc(C)c(C)s2)c(C(N)=S)c1CC. The number of nitrogens with one attached hydrogen (secondary N) is 1. The van der Waals surface area contributed by atoms with Gasteiger partial charge in [-0.25, -0.2) is 4.98 Å². The number of aryl methyl sites for hydroxylation is 3. The van der Waals surface area contributed by atoms with Gasteiger partial charge in [0.25, 0.3) is 0 Å². The van der Waals surface area contributed by atoms with Crippen molar-refractivity contribution in [3.63, 3.8) is 0 Å².